The lowest BCUT2D eigenvalue weighted by Crippen LogP contribution is -1.86. The highest BCUT2D eigenvalue weighted by Gasteiger charge is 2.14. The summed E-state index contributed by atoms with van der Waals surface area (Å²) in [6.45, 7) is 4.14. The van der Waals surface area contributed by atoms with Crippen molar-refractivity contribution in [3.05, 3.63) is 35.1 Å². The summed E-state index contributed by atoms with van der Waals surface area (Å²) in [5.74, 6) is 0. The summed E-state index contributed by atoms with van der Waals surface area (Å²) < 4.78 is 0. The van der Waals surface area contributed by atoms with Crippen LogP contribution in [0.4, 0.5) is 0 Å². The van der Waals surface area contributed by atoms with Crippen molar-refractivity contribution in [3.8, 4) is 0 Å². The molecule has 0 aromatic rings. The molecule has 1 heteroatoms. The highest BCUT2D eigenvalue weighted by Crippen LogP contribution is 2.25. The molecule has 0 spiro atoms. The summed E-state index contributed by atoms with van der Waals surface area (Å²) in [5.41, 5.74) is 4.89. The predicted molar refractivity (Wildman–Crippen MR) is 43.0 cm³/mol. The molecule has 0 N–H and O–H groups in total. The first-order chi connectivity index (χ1) is 4.77. The van der Waals surface area contributed by atoms with Crippen LogP contribution in [0.5, 0.6) is 0 Å². The van der Waals surface area contributed by atoms with Crippen molar-refractivity contribution in [2.45, 2.75) is 13.8 Å². The van der Waals surface area contributed by atoms with Crippen molar-refractivity contribution in [1.29, 1.82) is 0 Å². The summed E-state index contributed by atoms with van der Waals surface area (Å²) in [5, 5.41) is 0. The van der Waals surface area contributed by atoms with Gasteiger partial charge in [-0.1, -0.05) is 6.08 Å². The van der Waals surface area contributed by atoms with Crippen molar-refractivity contribution in [1.82, 2.24) is 0 Å². The second-order valence-electron chi connectivity index (χ2n) is 2.71. The molecular formula is C9H9N. The van der Waals surface area contributed by atoms with Crippen LogP contribution in [0.25, 0.3) is 0 Å². The summed E-state index contributed by atoms with van der Waals surface area (Å²) in [6.07, 6.45) is 6.30. The Morgan fingerprint density at radius 3 is 2.70 bits per heavy atom. The van der Waals surface area contributed by atoms with Gasteiger partial charge in [-0.15, -0.1) is 0 Å². The molecule has 0 atom stereocenters. The van der Waals surface area contributed by atoms with Crippen molar-refractivity contribution < 1.29 is 0 Å². The summed E-state index contributed by atoms with van der Waals surface area (Å²) >= 11 is 0. The molecule has 50 valence electrons. The van der Waals surface area contributed by atoms with E-state index in [0.29, 0.717) is 0 Å². The maximum Gasteiger partial charge on any atom is 0.0708 e. The number of aliphatic imine (C=N–C) groups is 1. The van der Waals surface area contributed by atoms with E-state index in [4.69, 9.17) is 0 Å². The van der Waals surface area contributed by atoms with E-state index in [9.17, 15) is 0 Å². The molecule has 0 aromatic heterocycles. The van der Waals surface area contributed by atoms with E-state index >= 15 is 0 Å². The number of allylic oxidation sites excluding steroid dienone is 6. The molecule has 2 aliphatic rings. The van der Waals surface area contributed by atoms with E-state index < -0.39 is 0 Å². The van der Waals surface area contributed by atoms with E-state index in [1.165, 1.54) is 11.1 Å². The van der Waals surface area contributed by atoms with E-state index in [0.717, 1.165) is 11.4 Å². The Morgan fingerprint density at radius 2 is 2.00 bits per heavy atom. The number of hydrogen-bond acceptors (Lipinski definition) is 1. The van der Waals surface area contributed by atoms with Gasteiger partial charge in [-0.25, -0.2) is 0 Å². The van der Waals surface area contributed by atoms with E-state index in [1.54, 1.807) is 0 Å². The van der Waals surface area contributed by atoms with Crippen molar-refractivity contribution in [2.24, 2.45) is 4.99 Å². The monoisotopic (exact) mass is 131 g/mol. The third-order valence-electron chi connectivity index (χ3n) is 1.84. The molecule has 0 unspecified atom stereocenters. The average Bonchev–Trinajstić information content (AvgIpc) is 2.35. The summed E-state index contributed by atoms with van der Waals surface area (Å²) in [4.78, 5) is 4.33. The van der Waals surface area contributed by atoms with Crippen LogP contribution in [0.3, 0.4) is 0 Å². The zero-order valence-electron chi connectivity index (χ0n) is 6.18. The Bertz CT molecular complexity index is 301. The van der Waals surface area contributed by atoms with Gasteiger partial charge in [0.25, 0.3) is 0 Å². The minimum Gasteiger partial charge on any atom is -0.253 e. The fourth-order valence-electron chi connectivity index (χ4n) is 1.30. The number of rotatable bonds is 0. The number of fused-ring (bicyclic) bond motifs is 1. The normalized spacial score (nSPS) is 21.4. The van der Waals surface area contributed by atoms with Gasteiger partial charge in [0.05, 0.1) is 5.71 Å². The summed E-state index contributed by atoms with van der Waals surface area (Å²) in [6, 6.07) is 0. The Kier molecular flexibility index (Phi) is 0.956. The molecule has 1 heterocycles. The maximum absolute atomic E-state index is 4.33. The van der Waals surface area contributed by atoms with Crippen LogP contribution >= 0.6 is 0 Å². The zero-order valence-corrected chi connectivity index (χ0v) is 6.18. The third-order valence-corrected chi connectivity index (χ3v) is 1.84. The molecule has 0 saturated carbocycles. The van der Waals surface area contributed by atoms with Gasteiger partial charge in [0.1, 0.15) is 0 Å². The minimum absolute atomic E-state index is 1.12. The maximum atomic E-state index is 4.33. The van der Waals surface area contributed by atoms with Gasteiger partial charge in [-0.05, 0) is 31.6 Å². The zero-order chi connectivity index (χ0) is 7.14. The largest absolute Gasteiger partial charge is 0.253 e. The van der Waals surface area contributed by atoms with Gasteiger partial charge in [-0.2, -0.15) is 0 Å². The van der Waals surface area contributed by atoms with Crippen LogP contribution in [0.1, 0.15) is 13.8 Å². The highest BCUT2D eigenvalue weighted by atomic mass is 14.8. The van der Waals surface area contributed by atoms with Crippen molar-refractivity contribution >= 4 is 5.71 Å². The molecule has 1 nitrogen and oxygen atoms in total. The SMILES string of the molecule is CC1=CC2=C(C)C=CC2=N1. The molecule has 2 rings (SSSR count). The van der Waals surface area contributed by atoms with E-state index in [-0.39, 0.29) is 0 Å². The molecule has 0 bridgehead atoms. The van der Waals surface area contributed by atoms with Crippen molar-refractivity contribution in [2.75, 3.05) is 0 Å². The van der Waals surface area contributed by atoms with Crippen LogP contribution in [0, 0.1) is 0 Å². The molecule has 0 saturated heterocycles. The predicted octanol–water partition coefficient (Wildman–Crippen LogP) is 2.23. The van der Waals surface area contributed by atoms with Crippen LogP contribution < -0.4 is 0 Å². The van der Waals surface area contributed by atoms with Gasteiger partial charge in [0.2, 0.25) is 0 Å². The molecule has 0 amide bonds. The Labute approximate surface area is 60.5 Å². The standard InChI is InChI=1S/C9H9N/c1-6-3-4-9-8(6)5-7(2)10-9/h3-5H,1-2H3. The molecule has 10 heavy (non-hydrogen) atoms. The summed E-state index contributed by atoms with van der Waals surface area (Å²) in [7, 11) is 0. The second-order valence-corrected chi connectivity index (χ2v) is 2.71. The average molecular weight is 131 g/mol. The second kappa shape index (κ2) is 1.69. The van der Waals surface area contributed by atoms with Gasteiger partial charge in [-0.3, -0.25) is 4.99 Å². The number of hydrogen-bond donors (Lipinski definition) is 0. The Hall–Kier alpha value is -1.11. The number of nitrogens with zero attached hydrogens (tertiary/aromatic N) is 1. The third kappa shape index (κ3) is 0.604. The van der Waals surface area contributed by atoms with Gasteiger partial charge in [0, 0.05) is 11.3 Å². The first-order valence-corrected chi connectivity index (χ1v) is 3.44. The first-order valence-electron chi connectivity index (χ1n) is 3.44. The van der Waals surface area contributed by atoms with Gasteiger partial charge >= 0.3 is 0 Å². The molecule has 0 radical (unpaired) electrons. The van der Waals surface area contributed by atoms with Crippen LogP contribution in [0.2, 0.25) is 0 Å². The lowest BCUT2D eigenvalue weighted by molar-refractivity contribution is 1.34. The van der Waals surface area contributed by atoms with E-state index in [1.807, 2.05) is 6.92 Å². The van der Waals surface area contributed by atoms with Crippen LogP contribution in [-0.2, 0) is 0 Å². The first kappa shape index (κ1) is 5.66. The Morgan fingerprint density at radius 1 is 1.20 bits per heavy atom. The van der Waals surface area contributed by atoms with E-state index in [2.05, 4.69) is 30.1 Å². The smallest absolute Gasteiger partial charge is 0.0708 e. The molecule has 1 aliphatic heterocycles. The Balaban J connectivity index is 2.58. The van der Waals surface area contributed by atoms with Crippen molar-refractivity contribution in [3.63, 3.8) is 0 Å². The van der Waals surface area contributed by atoms with Crippen LogP contribution in [0.15, 0.2) is 40.1 Å². The fourth-order valence-corrected chi connectivity index (χ4v) is 1.30. The topological polar surface area (TPSA) is 12.4 Å². The van der Waals surface area contributed by atoms with Gasteiger partial charge in [0.15, 0.2) is 0 Å². The lowest BCUT2D eigenvalue weighted by Gasteiger charge is -1.88. The molecule has 1 aliphatic carbocycles. The minimum atomic E-state index is 1.12. The van der Waals surface area contributed by atoms with Gasteiger partial charge < -0.3 is 0 Å². The molecular weight excluding hydrogens is 122 g/mol. The molecule has 0 fully saturated rings. The highest BCUT2D eigenvalue weighted by molar-refractivity contribution is 6.16. The fraction of sp³-hybridized carbons (Fsp3) is 0.222. The molecule has 0 aromatic carbocycles. The lowest BCUT2D eigenvalue weighted by atomic mass is 10.1. The quantitative estimate of drug-likeness (QED) is 0.478. The van der Waals surface area contributed by atoms with Crippen LogP contribution in [-0.4, -0.2) is 5.71 Å².